The van der Waals surface area contributed by atoms with Crippen molar-refractivity contribution in [3.8, 4) is 0 Å². The van der Waals surface area contributed by atoms with E-state index in [1.165, 1.54) is 64.2 Å². The fourth-order valence-corrected chi connectivity index (χ4v) is 6.70. The summed E-state index contributed by atoms with van der Waals surface area (Å²) < 4.78 is 5.70. The first-order valence-corrected chi connectivity index (χ1v) is 11.1. The Bertz CT molecular complexity index is 494. The zero-order valence-electron chi connectivity index (χ0n) is 16.4. The van der Waals surface area contributed by atoms with Gasteiger partial charge in [-0.2, -0.15) is 0 Å². The van der Waals surface area contributed by atoms with Crippen molar-refractivity contribution >= 4 is 0 Å². The Morgan fingerprint density at radius 2 is 1.96 bits per heavy atom. The predicted octanol–water partition coefficient (Wildman–Crippen LogP) is 5.84. The SMILES string of the molecule is CC1(C)CC(CCCC2CCCC3CC4=CCCCC4CC23)C(O)O1. The smallest absolute Gasteiger partial charge is 0.158 e. The summed E-state index contributed by atoms with van der Waals surface area (Å²) in [5.41, 5.74) is 1.70. The molecule has 6 atom stereocenters. The van der Waals surface area contributed by atoms with Crippen LogP contribution in [0.15, 0.2) is 11.6 Å². The monoisotopic (exact) mass is 346 g/mol. The Hall–Kier alpha value is -0.340. The van der Waals surface area contributed by atoms with Crippen molar-refractivity contribution in [2.24, 2.45) is 29.6 Å². The first-order valence-electron chi connectivity index (χ1n) is 11.1. The molecule has 0 aromatic heterocycles. The van der Waals surface area contributed by atoms with E-state index in [0.717, 1.165) is 36.5 Å². The van der Waals surface area contributed by atoms with Gasteiger partial charge in [0.25, 0.3) is 0 Å². The molecular weight excluding hydrogens is 308 g/mol. The van der Waals surface area contributed by atoms with Gasteiger partial charge in [0.15, 0.2) is 6.29 Å². The van der Waals surface area contributed by atoms with E-state index < -0.39 is 6.29 Å². The van der Waals surface area contributed by atoms with Crippen molar-refractivity contribution in [1.29, 1.82) is 0 Å². The minimum absolute atomic E-state index is 0.132. The average molecular weight is 347 g/mol. The van der Waals surface area contributed by atoms with Gasteiger partial charge in [-0.15, -0.1) is 0 Å². The highest BCUT2D eigenvalue weighted by Gasteiger charge is 2.41. The Morgan fingerprint density at radius 3 is 2.76 bits per heavy atom. The third kappa shape index (κ3) is 4.00. The first-order chi connectivity index (χ1) is 12.0. The van der Waals surface area contributed by atoms with Gasteiger partial charge in [0.1, 0.15) is 0 Å². The number of allylic oxidation sites excluding steroid dienone is 2. The number of hydrogen-bond donors (Lipinski definition) is 1. The minimum Gasteiger partial charge on any atom is -0.368 e. The molecule has 1 saturated heterocycles. The summed E-state index contributed by atoms with van der Waals surface area (Å²) in [6, 6.07) is 0. The third-order valence-electron chi connectivity index (χ3n) is 7.85. The minimum atomic E-state index is -0.529. The first kappa shape index (κ1) is 18.0. The summed E-state index contributed by atoms with van der Waals surface area (Å²) >= 11 is 0. The molecule has 0 spiro atoms. The molecule has 1 aliphatic heterocycles. The molecule has 142 valence electrons. The van der Waals surface area contributed by atoms with Crippen LogP contribution in [0.25, 0.3) is 0 Å². The quantitative estimate of drug-likeness (QED) is 0.648. The lowest BCUT2D eigenvalue weighted by Gasteiger charge is -2.46. The second-order valence-electron chi connectivity index (χ2n) is 10.1. The van der Waals surface area contributed by atoms with Crippen LogP contribution in [-0.4, -0.2) is 17.0 Å². The fourth-order valence-electron chi connectivity index (χ4n) is 6.70. The van der Waals surface area contributed by atoms with Crippen LogP contribution in [0, 0.1) is 29.6 Å². The number of aliphatic hydroxyl groups is 1. The molecule has 4 aliphatic rings. The van der Waals surface area contributed by atoms with Gasteiger partial charge in [-0.05, 0) is 88.9 Å². The van der Waals surface area contributed by atoms with Gasteiger partial charge in [0, 0.05) is 5.92 Å². The zero-order valence-corrected chi connectivity index (χ0v) is 16.4. The molecule has 0 radical (unpaired) electrons. The van der Waals surface area contributed by atoms with E-state index in [1.807, 2.05) is 5.57 Å². The number of fused-ring (bicyclic) bond motifs is 2. The molecule has 2 nitrogen and oxygen atoms in total. The molecule has 0 amide bonds. The lowest BCUT2D eigenvalue weighted by molar-refractivity contribution is -0.136. The normalized spacial score (nSPS) is 43.2. The zero-order chi connectivity index (χ0) is 17.4. The predicted molar refractivity (Wildman–Crippen MR) is 102 cm³/mol. The van der Waals surface area contributed by atoms with Gasteiger partial charge >= 0.3 is 0 Å². The molecule has 2 heteroatoms. The maximum Gasteiger partial charge on any atom is 0.158 e. The second-order valence-corrected chi connectivity index (χ2v) is 10.1. The largest absolute Gasteiger partial charge is 0.368 e. The van der Waals surface area contributed by atoms with Crippen molar-refractivity contribution in [2.75, 3.05) is 0 Å². The fraction of sp³-hybridized carbons (Fsp3) is 0.913. The van der Waals surface area contributed by atoms with Gasteiger partial charge < -0.3 is 9.84 Å². The Kier molecular flexibility index (Phi) is 5.30. The highest BCUT2D eigenvalue weighted by molar-refractivity contribution is 5.15. The lowest BCUT2D eigenvalue weighted by atomic mass is 9.59. The highest BCUT2D eigenvalue weighted by atomic mass is 16.6. The molecule has 3 fully saturated rings. The Balaban J connectivity index is 1.30. The molecule has 0 aromatic carbocycles. The molecule has 4 rings (SSSR count). The van der Waals surface area contributed by atoms with Crippen LogP contribution in [0.2, 0.25) is 0 Å². The van der Waals surface area contributed by atoms with Crippen LogP contribution in [-0.2, 0) is 4.74 Å². The number of aliphatic hydroxyl groups excluding tert-OH is 1. The Labute approximate surface area is 154 Å². The van der Waals surface area contributed by atoms with E-state index in [4.69, 9.17) is 4.74 Å². The maximum atomic E-state index is 10.1. The number of hydrogen-bond acceptors (Lipinski definition) is 2. The molecule has 1 N–H and O–H groups in total. The molecule has 0 aromatic rings. The summed E-state index contributed by atoms with van der Waals surface area (Å²) in [5, 5.41) is 10.1. The molecule has 25 heavy (non-hydrogen) atoms. The van der Waals surface area contributed by atoms with Gasteiger partial charge in [-0.1, -0.05) is 37.3 Å². The van der Waals surface area contributed by atoms with Crippen molar-refractivity contribution in [3.63, 3.8) is 0 Å². The summed E-state index contributed by atoms with van der Waals surface area (Å²) in [6.45, 7) is 4.22. The second kappa shape index (κ2) is 7.35. The van der Waals surface area contributed by atoms with E-state index in [9.17, 15) is 5.11 Å². The molecular formula is C23H38O2. The third-order valence-corrected chi connectivity index (χ3v) is 7.85. The average Bonchev–Trinajstić information content (AvgIpc) is 2.85. The van der Waals surface area contributed by atoms with E-state index >= 15 is 0 Å². The van der Waals surface area contributed by atoms with Gasteiger partial charge in [0.2, 0.25) is 0 Å². The van der Waals surface area contributed by atoms with Gasteiger partial charge in [-0.3, -0.25) is 0 Å². The molecule has 1 heterocycles. The summed E-state index contributed by atoms with van der Waals surface area (Å²) in [4.78, 5) is 0. The van der Waals surface area contributed by atoms with Crippen LogP contribution in [0.1, 0.15) is 90.9 Å². The van der Waals surface area contributed by atoms with Crippen molar-refractivity contribution < 1.29 is 9.84 Å². The highest BCUT2D eigenvalue weighted by Crippen LogP contribution is 2.51. The molecule has 0 bridgehead atoms. The Morgan fingerprint density at radius 1 is 1.12 bits per heavy atom. The van der Waals surface area contributed by atoms with Gasteiger partial charge in [-0.25, -0.2) is 0 Å². The van der Waals surface area contributed by atoms with Crippen LogP contribution < -0.4 is 0 Å². The van der Waals surface area contributed by atoms with Crippen LogP contribution in [0.3, 0.4) is 0 Å². The van der Waals surface area contributed by atoms with Crippen LogP contribution in [0.5, 0.6) is 0 Å². The molecule has 2 saturated carbocycles. The van der Waals surface area contributed by atoms with E-state index in [0.29, 0.717) is 5.92 Å². The summed E-state index contributed by atoms with van der Waals surface area (Å²) in [5.74, 6) is 4.22. The summed E-state index contributed by atoms with van der Waals surface area (Å²) in [6.07, 6.45) is 18.4. The topological polar surface area (TPSA) is 29.5 Å². The van der Waals surface area contributed by atoms with E-state index in [-0.39, 0.29) is 5.60 Å². The number of ether oxygens (including phenoxy) is 1. The van der Waals surface area contributed by atoms with Crippen LogP contribution >= 0.6 is 0 Å². The standard InChI is InChI=1S/C23H38O2/c1-23(2)15-20(22(24)25-23)12-6-10-16-9-5-11-19-13-17-7-3-4-8-18(17)14-21(16)19/h7,16,18-22,24H,3-6,8-15H2,1-2H3. The van der Waals surface area contributed by atoms with Crippen molar-refractivity contribution in [2.45, 2.75) is 103 Å². The van der Waals surface area contributed by atoms with Crippen LogP contribution in [0.4, 0.5) is 0 Å². The van der Waals surface area contributed by atoms with Crippen molar-refractivity contribution in [1.82, 2.24) is 0 Å². The molecule has 3 aliphatic carbocycles. The maximum absolute atomic E-state index is 10.1. The summed E-state index contributed by atoms with van der Waals surface area (Å²) in [7, 11) is 0. The lowest BCUT2D eigenvalue weighted by Crippen LogP contribution is -2.36. The van der Waals surface area contributed by atoms with Crippen molar-refractivity contribution in [3.05, 3.63) is 11.6 Å². The van der Waals surface area contributed by atoms with E-state index in [1.54, 1.807) is 0 Å². The van der Waals surface area contributed by atoms with E-state index in [2.05, 4.69) is 19.9 Å². The number of rotatable bonds is 4. The molecule has 6 unspecified atom stereocenters. The van der Waals surface area contributed by atoms with Gasteiger partial charge in [0.05, 0.1) is 5.60 Å².